The summed E-state index contributed by atoms with van der Waals surface area (Å²) in [5.74, 6) is 2.29. The molecule has 2 aromatic rings. The molecule has 0 aliphatic carbocycles. The maximum atomic E-state index is 6.11. The second kappa shape index (κ2) is 7.31. The first-order chi connectivity index (χ1) is 10.2. The van der Waals surface area contributed by atoms with Crippen molar-refractivity contribution in [1.29, 1.82) is 0 Å². The molecule has 0 radical (unpaired) electrons. The van der Waals surface area contributed by atoms with Gasteiger partial charge in [0, 0.05) is 5.56 Å². The van der Waals surface area contributed by atoms with Gasteiger partial charge in [-0.3, -0.25) is 0 Å². The lowest BCUT2D eigenvalue weighted by Gasteiger charge is -2.11. The van der Waals surface area contributed by atoms with Gasteiger partial charge in [0.05, 0.1) is 18.6 Å². The van der Waals surface area contributed by atoms with Crippen molar-refractivity contribution in [2.45, 2.75) is 32.6 Å². The Morgan fingerprint density at radius 2 is 1.86 bits per heavy atom. The average Bonchev–Trinajstić information content (AvgIpc) is 2.98. The quantitative estimate of drug-likeness (QED) is 0.716. The summed E-state index contributed by atoms with van der Waals surface area (Å²) in [7, 11) is 0. The van der Waals surface area contributed by atoms with Gasteiger partial charge in [-0.25, -0.2) is 0 Å². The van der Waals surface area contributed by atoms with Crippen LogP contribution in [0.4, 0.5) is 0 Å². The lowest BCUT2D eigenvalue weighted by atomic mass is 10.2. The molecule has 0 saturated heterocycles. The number of alkyl halides is 1. The molecule has 1 heterocycles. The molecule has 6 heteroatoms. The van der Waals surface area contributed by atoms with Crippen LogP contribution in [0.1, 0.15) is 38.4 Å². The Kier molecular flexibility index (Phi) is 5.44. The minimum Gasteiger partial charge on any atom is -0.490 e. The Morgan fingerprint density at radius 3 is 2.52 bits per heavy atom. The van der Waals surface area contributed by atoms with Crippen molar-refractivity contribution in [3.63, 3.8) is 0 Å². The van der Waals surface area contributed by atoms with Crippen molar-refractivity contribution < 1.29 is 14.0 Å². The van der Waals surface area contributed by atoms with Crippen molar-refractivity contribution in [2.24, 2.45) is 0 Å². The minimum absolute atomic E-state index is 0.239. The molecule has 0 fully saturated rings. The molecule has 0 spiro atoms. The van der Waals surface area contributed by atoms with Crippen LogP contribution in [0.5, 0.6) is 11.5 Å². The van der Waals surface area contributed by atoms with Gasteiger partial charge in [-0.05, 0) is 38.5 Å². The molecule has 5 nitrogen and oxygen atoms in total. The molecule has 0 aliphatic rings. The number of nitrogens with zero attached hydrogens (tertiary/aromatic N) is 2. The van der Waals surface area contributed by atoms with E-state index in [1.807, 2.05) is 39.0 Å². The van der Waals surface area contributed by atoms with Gasteiger partial charge in [0.1, 0.15) is 0 Å². The molecule has 1 unspecified atom stereocenters. The molecule has 21 heavy (non-hydrogen) atoms. The first-order valence-corrected chi connectivity index (χ1v) is 7.50. The second-order valence-corrected chi connectivity index (χ2v) is 4.89. The van der Waals surface area contributed by atoms with E-state index in [4.69, 9.17) is 25.6 Å². The smallest absolute Gasteiger partial charge is 0.258 e. The number of benzene rings is 1. The normalized spacial score (nSPS) is 12.2. The maximum absolute atomic E-state index is 6.11. The lowest BCUT2D eigenvalue weighted by Crippen LogP contribution is -1.98. The van der Waals surface area contributed by atoms with Crippen molar-refractivity contribution >= 4 is 11.6 Å². The zero-order chi connectivity index (χ0) is 15.2. The molecule has 2 rings (SSSR count). The zero-order valence-corrected chi connectivity index (χ0v) is 13.2. The summed E-state index contributed by atoms with van der Waals surface area (Å²) >= 11 is 6.11. The van der Waals surface area contributed by atoms with Gasteiger partial charge in [0.2, 0.25) is 0 Å². The molecule has 1 aromatic heterocycles. The van der Waals surface area contributed by atoms with Crippen LogP contribution in [0.3, 0.4) is 0 Å². The summed E-state index contributed by atoms with van der Waals surface area (Å²) in [5, 5.41) is 3.67. The largest absolute Gasteiger partial charge is 0.490 e. The Morgan fingerprint density at radius 1 is 1.14 bits per heavy atom. The van der Waals surface area contributed by atoms with E-state index < -0.39 is 0 Å². The fraction of sp³-hybridized carbons (Fsp3) is 0.467. The van der Waals surface area contributed by atoms with Crippen LogP contribution in [-0.2, 0) is 0 Å². The van der Waals surface area contributed by atoms with Gasteiger partial charge in [-0.15, -0.1) is 11.6 Å². The predicted molar refractivity (Wildman–Crippen MR) is 81.0 cm³/mol. The van der Waals surface area contributed by atoms with Gasteiger partial charge in [-0.2, -0.15) is 4.98 Å². The Labute approximate surface area is 129 Å². The van der Waals surface area contributed by atoms with E-state index in [-0.39, 0.29) is 5.38 Å². The highest BCUT2D eigenvalue weighted by Crippen LogP contribution is 2.33. The summed E-state index contributed by atoms with van der Waals surface area (Å²) in [6, 6.07) is 5.53. The number of rotatable bonds is 7. The topological polar surface area (TPSA) is 57.4 Å². The van der Waals surface area contributed by atoms with Crippen molar-refractivity contribution in [3.05, 3.63) is 24.0 Å². The second-order valence-electron chi connectivity index (χ2n) is 4.36. The van der Waals surface area contributed by atoms with E-state index in [0.717, 1.165) is 12.0 Å². The third-order valence-corrected chi connectivity index (χ3v) is 3.37. The fourth-order valence-corrected chi connectivity index (χ4v) is 1.93. The lowest BCUT2D eigenvalue weighted by molar-refractivity contribution is 0.288. The highest BCUT2D eigenvalue weighted by atomic mass is 35.5. The fourth-order valence-electron chi connectivity index (χ4n) is 1.85. The van der Waals surface area contributed by atoms with Crippen LogP contribution in [0, 0.1) is 0 Å². The standard InChI is InChI=1S/C15H19ClN2O3/c1-4-11(16)14-17-15(21-18-14)10-7-8-12(19-5-2)13(9-10)20-6-3/h7-9,11H,4-6H2,1-3H3. The van der Waals surface area contributed by atoms with Crippen LogP contribution in [0.25, 0.3) is 11.5 Å². The van der Waals surface area contributed by atoms with Crippen molar-refractivity contribution in [1.82, 2.24) is 10.1 Å². The van der Waals surface area contributed by atoms with Gasteiger partial charge in [0.15, 0.2) is 17.3 Å². The number of halogens is 1. The van der Waals surface area contributed by atoms with Crippen molar-refractivity contribution in [3.8, 4) is 23.0 Å². The molecule has 0 amide bonds. The molecular weight excluding hydrogens is 292 g/mol. The third kappa shape index (κ3) is 3.67. The van der Waals surface area contributed by atoms with Gasteiger partial charge < -0.3 is 14.0 Å². The maximum Gasteiger partial charge on any atom is 0.258 e. The van der Waals surface area contributed by atoms with E-state index in [0.29, 0.717) is 36.4 Å². The van der Waals surface area contributed by atoms with Crippen LogP contribution in [0.15, 0.2) is 22.7 Å². The highest BCUT2D eigenvalue weighted by Gasteiger charge is 2.16. The van der Waals surface area contributed by atoms with Gasteiger partial charge in [0.25, 0.3) is 5.89 Å². The van der Waals surface area contributed by atoms with E-state index >= 15 is 0 Å². The SMILES string of the molecule is CCOc1ccc(-c2nc(C(Cl)CC)no2)cc1OCC. The van der Waals surface area contributed by atoms with Crippen LogP contribution >= 0.6 is 11.6 Å². The molecule has 1 aromatic carbocycles. The number of hydrogen-bond donors (Lipinski definition) is 0. The molecule has 0 bridgehead atoms. The van der Waals surface area contributed by atoms with E-state index in [9.17, 15) is 0 Å². The summed E-state index contributed by atoms with van der Waals surface area (Å²) in [4.78, 5) is 4.32. The molecule has 0 N–H and O–H groups in total. The summed E-state index contributed by atoms with van der Waals surface area (Å²) in [5.41, 5.74) is 0.778. The number of ether oxygens (including phenoxy) is 2. The van der Waals surface area contributed by atoms with Gasteiger partial charge >= 0.3 is 0 Å². The summed E-state index contributed by atoms with van der Waals surface area (Å²) < 4.78 is 16.4. The Hall–Kier alpha value is -1.75. The Bertz CT molecular complexity index is 586. The minimum atomic E-state index is -0.239. The van der Waals surface area contributed by atoms with Crippen LogP contribution in [-0.4, -0.2) is 23.4 Å². The Balaban J connectivity index is 2.31. The highest BCUT2D eigenvalue weighted by molar-refractivity contribution is 6.20. The summed E-state index contributed by atoms with van der Waals surface area (Å²) in [6.07, 6.45) is 0.744. The van der Waals surface area contributed by atoms with E-state index in [1.54, 1.807) is 0 Å². The summed E-state index contributed by atoms with van der Waals surface area (Å²) in [6.45, 7) is 6.95. The molecule has 1 atom stereocenters. The van der Waals surface area contributed by atoms with Crippen LogP contribution < -0.4 is 9.47 Å². The molecule has 0 saturated carbocycles. The predicted octanol–water partition coefficient (Wildman–Crippen LogP) is 4.22. The molecular formula is C15H19ClN2O3. The first-order valence-electron chi connectivity index (χ1n) is 7.07. The molecule has 0 aliphatic heterocycles. The molecule has 114 valence electrons. The zero-order valence-electron chi connectivity index (χ0n) is 12.4. The van der Waals surface area contributed by atoms with E-state index in [2.05, 4.69) is 10.1 Å². The number of hydrogen-bond acceptors (Lipinski definition) is 5. The average molecular weight is 311 g/mol. The van der Waals surface area contributed by atoms with Gasteiger partial charge in [-0.1, -0.05) is 12.1 Å². The third-order valence-electron chi connectivity index (χ3n) is 2.87. The van der Waals surface area contributed by atoms with Crippen LogP contribution in [0.2, 0.25) is 0 Å². The monoisotopic (exact) mass is 310 g/mol. The van der Waals surface area contributed by atoms with E-state index in [1.165, 1.54) is 0 Å². The first kappa shape index (κ1) is 15.6. The number of aromatic nitrogens is 2. The van der Waals surface area contributed by atoms with Crippen molar-refractivity contribution in [2.75, 3.05) is 13.2 Å².